The van der Waals surface area contributed by atoms with Crippen LogP contribution in [0.25, 0.3) is 12.2 Å². The Morgan fingerprint density at radius 2 is 0.864 bits per heavy atom. The monoisotopic (exact) mass is 684 g/mol. The molecular formula is C36H38O6SiZr. The molecule has 6 nitrogen and oxygen atoms in total. The average Bonchev–Trinajstić information content (AvgIpc) is 3.67. The van der Waals surface area contributed by atoms with Gasteiger partial charge in [-0.3, -0.25) is 0 Å². The molecule has 0 amide bonds. The minimum absolute atomic E-state index is 0.211. The van der Waals surface area contributed by atoms with Crippen molar-refractivity contribution in [3.8, 4) is 34.5 Å². The van der Waals surface area contributed by atoms with Crippen LogP contribution in [0, 0.1) is 0 Å². The van der Waals surface area contributed by atoms with Gasteiger partial charge >= 0.3 is 141 Å². The molecule has 44 heavy (non-hydrogen) atoms. The van der Waals surface area contributed by atoms with Crippen LogP contribution in [0.15, 0.2) is 97.1 Å². The zero-order chi connectivity index (χ0) is 31.6. The van der Waals surface area contributed by atoms with E-state index in [0.29, 0.717) is 23.0 Å². The zero-order valence-electron chi connectivity index (χ0n) is 26.0. The summed E-state index contributed by atoms with van der Waals surface area (Å²) in [6, 6.07) is 27.9. The molecule has 0 saturated carbocycles. The molecule has 4 aromatic rings. The van der Waals surface area contributed by atoms with Crippen molar-refractivity contribution in [2.24, 2.45) is 0 Å². The Morgan fingerprint density at radius 1 is 0.523 bits per heavy atom. The van der Waals surface area contributed by atoms with Crippen molar-refractivity contribution >= 4 is 17.6 Å². The first-order valence-electron chi connectivity index (χ1n) is 14.3. The molecule has 0 saturated heterocycles. The van der Waals surface area contributed by atoms with Gasteiger partial charge in [0, 0.05) is 0 Å². The van der Waals surface area contributed by atoms with Crippen molar-refractivity contribution < 1.29 is 49.5 Å². The zero-order valence-corrected chi connectivity index (χ0v) is 29.5. The molecule has 4 aromatic carbocycles. The van der Waals surface area contributed by atoms with Crippen molar-refractivity contribution in [3.63, 3.8) is 0 Å². The summed E-state index contributed by atoms with van der Waals surface area (Å²) in [5, 5.41) is 22.4. The standard InChI is InChI=1S/2C9H7.2C8H10O3.C2H6Si.Zr/c2*1-2-5-9-7-3-6-8(9)4-1;2*1-10-6-4-3-5-7(11-2)8(6)9;1-3-2;/h2*1-7H;2*3-5,9H,1-2H3;1-2H3;/q;;;;;+2/p-2. The SMILES string of the molecule is COc1cccc(OC)c1[O-].COc1cccc(OC)c1[O-].C[Si](C)=[Zr+2]([CH]1C=Cc2ccccc21)[CH]1C=Cc2ccccc21. The molecule has 0 radical (unpaired) electrons. The topological polar surface area (TPSA) is 83.0 Å². The molecule has 6 rings (SSSR count). The van der Waals surface area contributed by atoms with Gasteiger partial charge in [-0.05, 0) is 35.8 Å². The quantitative estimate of drug-likeness (QED) is 0.205. The average molecular weight is 686 g/mol. The van der Waals surface area contributed by atoms with E-state index in [1.165, 1.54) is 39.6 Å². The molecule has 2 atom stereocenters. The number of ether oxygens (including phenoxy) is 4. The number of fused-ring (bicyclic) bond motifs is 2. The molecule has 2 unspecified atom stereocenters. The van der Waals surface area contributed by atoms with Gasteiger partial charge in [-0.25, -0.2) is 0 Å². The van der Waals surface area contributed by atoms with Gasteiger partial charge < -0.3 is 29.2 Å². The fourth-order valence-corrected chi connectivity index (χ4v) is 24.3. The Labute approximate surface area is 268 Å². The number of hydrogen-bond donors (Lipinski definition) is 0. The van der Waals surface area contributed by atoms with Crippen molar-refractivity contribution in [3.05, 3.63) is 119 Å². The third-order valence-corrected chi connectivity index (χ3v) is 26.7. The van der Waals surface area contributed by atoms with E-state index in [1.54, 1.807) is 47.5 Å². The summed E-state index contributed by atoms with van der Waals surface area (Å²) in [6.07, 6.45) is 9.81. The van der Waals surface area contributed by atoms with Gasteiger partial charge in [-0.1, -0.05) is 12.1 Å². The first-order valence-corrected chi connectivity index (χ1v) is 23.3. The number of allylic oxidation sites excluding steroid dienone is 2. The summed E-state index contributed by atoms with van der Waals surface area (Å²) >= 11 is -1.65. The Kier molecular flexibility index (Phi) is 11.9. The number of rotatable bonds is 6. The van der Waals surface area contributed by atoms with E-state index in [-0.39, 0.29) is 16.9 Å². The normalized spacial score (nSPS) is 14.8. The molecule has 2 aliphatic rings. The molecule has 0 fully saturated rings. The van der Waals surface area contributed by atoms with E-state index >= 15 is 0 Å². The second-order valence-electron chi connectivity index (χ2n) is 10.4. The third kappa shape index (κ3) is 7.48. The van der Waals surface area contributed by atoms with Gasteiger partial charge in [0.2, 0.25) is 0 Å². The Balaban J connectivity index is 0.000000169. The van der Waals surface area contributed by atoms with Crippen LogP contribution in [0.4, 0.5) is 0 Å². The summed E-state index contributed by atoms with van der Waals surface area (Å²) in [7, 11) is 5.82. The summed E-state index contributed by atoms with van der Waals surface area (Å²) in [5.74, 6) is 0.817. The van der Waals surface area contributed by atoms with Crippen LogP contribution in [-0.4, -0.2) is 33.9 Å². The van der Waals surface area contributed by atoms with Crippen molar-refractivity contribution in [1.82, 2.24) is 0 Å². The van der Waals surface area contributed by atoms with E-state index in [2.05, 4.69) is 85.9 Å². The summed E-state index contributed by atoms with van der Waals surface area (Å²) in [6.45, 7) is 5.12. The van der Waals surface area contributed by atoms with E-state index in [0.717, 1.165) is 7.25 Å². The van der Waals surface area contributed by atoms with Crippen LogP contribution in [0.2, 0.25) is 13.1 Å². The number of hydrogen-bond acceptors (Lipinski definition) is 6. The fraction of sp³-hybridized carbons (Fsp3) is 0.222. The fourth-order valence-electron chi connectivity index (χ4n) is 5.49. The second-order valence-corrected chi connectivity index (χ2v) is 28.5. The maximum atomic E-state index is 11.2. The van der Waals surface area contributed by atoms with Crippen LogP contribution in [-0.2, 0) is 20.4 Å². The predicted molar refractivity (Wildman–Crippen MR) is 172 cm³/mol. The Hall–Kier alpha value is -3.74. The van der Waals surface area contributed by atoms with Gasteiger partial charge in [-0.2, -0.15) is 0 Å². The summed E-state index contributed by atoms with van der Waals surface area (Å²) in [5.41, 5.74) is 5.92. The van der Waals surface area contributed by atoms with E-state index in [4.69, 9.17) is 18.9 Å². The molecular weight excluding hydrogens is 648 g/mol. The van der Waals surface area contributed by atoms with Crippen LogP contribution in [0.5, 0.6) is 34.5 Å². The van der Waals surface area contributed by atoms with Crippen LogP contribution in [0.1, 0.15) is 29.5 Å². The number of methoxy groups -OCH3 is 4. The third-order valence-electron chi connectivity index (χ3n) is 7.61. The Morgan fingerprint density at radius 3 is 1.18 bits per heavy atom. The van der Waals surface area contributed by atoms with E-state index in [9.17, 15) is 10.2 Å². The number of para-hydroxylation sites is 2. The molecule has 226 valence electrons. The molecule has 0 aromatic heterocycles. The minimum atomic E-state index is -1.65. The van der Waals surface area contributed by atoms with E-state index in [1.807, 2.05) is 0 Å². The second kappa shape index (κ2) is 15.8. The Bertz CT molecular complexity index is 1510. The molecule has 8 heteroatoms. The molecule has 0 heterocycles. The molecule has 0 N–H and O–H groups in total. The first-order chi connectivity index (χ1) is 21.3. The van der Waals surface area contributed by atoms with Gasteiger partial charge in [0.25, 0.3) is 0 Å². The van der Waals surface area contributed by atoms with Gasteiger partial charge in [0.1, 0.15) is 23.0 Å². The first kappa shape index (κ1) is 33.2. The van der Waals surface area contributed by atoms with Crippen LogP contribution in [0.3, 0.4) is 0 Å². The summed E-state index contributed by atoms with van der Waals surface area (Å²) in [4.78, 5) is 0. The predicted octanol–water partition coefficient (Wildman–Crippen LogP) is 6.95. The summed E-state index contributed by atoms with van der Waals surface area (Å²) < 4.78 is 20.7. The molecule has 0 aliphatic heterocycles. The van der Waals surface area contributed by atoms with Crippen LogP contribution < -0.4 is 29.2 Å². The maximum absolute atomic E-state index is 11.2. The van der Waals surface area contributed by atoms with E-state index < -0.39 is 20.4 Å². The molecule has 0 spiro atoms. The number of benzene rings is 4. The van der Waals surface area contributed by atoms with Gasteiger partial charge in [-0.15, -0.1) is 0 Å². The van der Waals surface area contributed by atoms with Crippen molar-refractivity contribution in [2.45, 2.75) is 20.3 Å². The van der Waals surface area contributed by atoms with Crippen molar-refractivity contribution in [2.75, 3.05) is 28.4 Å². The van der Waals surface area contributed by atoms with Gasteiger partial charge in [0.05, 0.1) is 28.4 Å². The van der Waals surface area contributed by atoms with Gasteiger partial charge in [0.15, 0.2) is 0 Å². The van der Waals surface area contributed by atoms with Crippen LogP contribution >= 0.6 is 0 Å². The molecule has 0 bridgehead atoms. The van der Waals surface area contributed by atoms with Crippen molar-refractivity contribution in [1.29, 1.82) is 0 Å². The molecule has 2 aliphatic carbocycles.